The predicted molar refractivity (Wildman–Crippen MR) is 70.8 cm³/mol. The largest absolute Gasteiger partial charge is 0.492 e. The van der Waals surface area contributed by atoms with Crippen LogP contribution >= 0.6 is 0 Å². The van der Waals surface area contributed by atoms with E-state index in [1.165, 1.54) is 6.08 Å². The molecule has 0 aliphatic rings. The summed E-state index contributed by atoms with van der Waals surface area (Å²) in [6.07, 6.45) is 7.99. The number of aliphatic carboxylic acids is 1. The van der Waals surface area contributed by atoms with Crippen molar-refractivity contribution in [2.24, 2.45) is 0 Å². The molecule has 0 saturated heterocycles. The van der Waals surface area contributed by atoms with E-state index < -0.39 is 5.97 Å². The molecule has 98 valence electrons. The molecule has 5 nitrogen and oxygen atoms in total. The van der Waals surface area contributed by atoms with E-state index in [0.717, 1.165) is 23.9 Å². The van der Waals surface area contributed by atoms with Gasteiger partial charge in [0.2, 0.25) is 0 Å². The summed E-state index contributed by atoms with van der Waals surface area (Å²) in [5, 5.41) is 8.52. The van der Waals surface area contributed by atoms with E-state index in [-0.39, 0.29) is 0 Å². The van der Waals surface area contributed by atoms with Gasteiger partial charge >= 0.3 is 5.97 Å². The van der Waals surface area contributed by atoms with Gasteiger partial charge in [-0.15, -0.1) is 0 Å². The Kier molecular flexibility index (Phi) is 4.34. The normalized spacial score (nSPS) is 10.7. The molecular formula is C14H14N2O3. The SMILES string of the molecule is O=C(O)/C=C/c1ccc(OCCn2ccnc2)cc1. The van der Waals surface area contributed by atoms with E-state index in [1.54, 1.807) is 12.5 Å². The number of ether oxygens (including phenoxy) is 1. The highest BCUT2D eigenvalue weighted by atomic mass is 16.5. The zero-order valence-corrected chi connectivity index (χ0v) is 10.3. The molecule has 0 aliphatic carbocycles. The molecule has 0 unspecified atom stereocenters. The van der Waals surface area contributed by atoms with Crippen molar-refractivity contribution in [1.29, 1.82) is 0 Å². The molecule has 5 heteroatoms. The van der Waals surface area contributed by atoms with Crippen molar-refractivity contribution in [2.75, 3.05) is 6.61 Å². The molecule has 1 aromatic carbocycles. The average Bonchev–Trinajstić information content (AvgIpc) is 2.91. The molecule has 1 aromatic heterocycles. The molecule has 19 heavy (non-hydrogen) atoms. The van der Waals surface area contributed by atoms with Gasteiger partial charge in [-0.25, -0.2) is 9.78 Å². The second-order valence-electron chi connectivity index (χ2n) is 3.89. The standard InChI is InChI=1S/C14H14N2O3/c17-14(18)6-3-12-1-4-13(5-2-12)19-10-9-16-8-7-15-11-16/h1-8,11H,9-10H2,(H,17,18)/b6-3+. The Morgan fingerprint density at radius 3 is 2.79 bits per heavy atom. The summed E-state index contributed by atoms with van der Waals surface area (Å²) in [6.45, 7) is 1.29. The number of hydrogen-bond acceptors (Lipinski definition) is 3. The molecule has 0 atom stereocenters. The molecular weight excluding hydrogens is 244 g/mol. The van der Waals surface area contributed by atoms with Crippen molar-refractivity contribution < 1.29 is 14.6 Å². The second kappa shape index (κ2) is 6.39. The van der Waals surface area contributed by atoms with Crippen LogP contribution in [0.25, 0.3) is 6.08 Å². The fourth-order valence-electron chi connectivity index (χ4n) is 1.53. The van der Waals surface area contributed by atoms with Crippen molar-refractivity contribution in [3.63, 3.8) is 0 Å². The van der Waals surface area contributed by atoms with Crippen LogP contribution in [0.15, 0.2) is 49.1 Å². The molecule has 0 aliphatic heterocycles. The van der Waals surface area contributed by atoms with Crippen LogP contribution in [0.5, 0.6) is 5.75 Å². The van der Waals surface area contributed by atoms with E-state index in [4.69, 9.17) is 9.84 Å². The van der Waals surface area contributed by atoms with Crippen LogP contribution in [0, 0.1) is 0 Å². The van der Waals surface area contributed by atoms with Gasteiger partial charge in [0.1, 0.15) is 12.4 Å². The maximum absolute atomic E-state index is 10.4. The molecule has 0 fully saturated rings. The molecule has 0 radical (unpaired) electrons. The second-order valence-corrected chi connectivity index (χ2v) is 3.89. The zero-order valence-electron chi connectivity index (χ0n) is 10.3. The van der Waals surface area contributed by atoms with Gasteiger partial charge in [-0.2, -0.15) is 0 Å². The Hall–Kier alpha value is -2.56. The first-order chi connectivity index (χ1) is 9.24. The van der Waals surface area contributed by atoms with E-state index in [0.29, 0.717) is 6.61 Å². The van der Waals surface area contributed by atoms with E-state index >= 15 is 0 Å². The monoisotopic (exact) mass is 258 g/mol. The maximum atomic E-state index is 10.4. The third kappa shape index (κ3) is 4.31. The number of rotatable bonds is 6. The lowest BCUT2D eigenvalue weighted by molar-refractivity contribution is -0.131. The number of carbonyl (C=O) groups is 1. The van der Waals surface area contributed by atoms with Crippen molar-refractivity contribution in [3.8, 4) is 5.75 Å². The van der Waals surface area contributed by atoms with Crippen LogP contribution in [0.4, 0.5) is 0 Å². The average molecular weight is 258 g/mol. The summed E-state index contributed by atoms with van der Waals surface area (Å²) in [5.41, 5.74) is 0.823. The molecule has 0 saturated carbocycles. The van der Waals surface area contributed by atoms with Crippen LogP contribution in [0.3, 0.4) is 0 Å². The van der Waals surface area contributed by atoms with Crippen LogP contribution < -0.4 is 4.74 Å². The van der Waals surface area contributed by atoms with Gasteiger partial charge in [-0.1, -0.05) is 12.1 Å². The number of imidazole rings is 1. The number of carboxylic acid groups (broad SMARTS) is 1. The van der Waals surface area contributed by atoms with Gasteiger partial charge in [0.25, 0.3) is 0 Å². The van der Waals surface area contributed by atoms with E-state index in [1.807, 2.05) is 35.0 Å². The molecule has 1 heterocycles. The predicted octanol–water partition coefficient (Wildman–Crippen LogP) is 2.06. The van der Waals surface area contributed by atoms with Gasteiger partial charge in [0.15, 0.2) is 0 Å². The molecule has 2 rings (SSSR count). The minimum Gasteiger partial charge on any atom is -0.492 e. The van der Waals surface area contributed by atoms with Gasteiger partial charge < -0.3 is 14.4 Å². The van der Waals surface area contributed by atoms with Crippen molar-refractivity contribution in [2.45, 2.75) is 6.54 Å². The van der Waals surface area contributed by atoms with E-state index in [2.05, 4.69) is 4.98 Å². The minimum absolute atomic E-state index is 0.556. The maximum Gasteiger partial charge on any atom is 0.328 e. The summed E-state index contributed by atoms with van der Waals surface area (Å²) >= 11 is 0. The van der Waals surface area contributed by atoms with Gasteiger partial charge in [-0.05, 0) is 23.8 Å². The summed E-state index contributed by atoms with van der Waals surface area (Å²) < 4.78 is 7.51. The van der Waals surface area contributed by atoms with Crippen molar-refractivity contribution in [3.05, 3.63) is 54.6 Å². The molecule has 0 bridgehead atoms. The van der Waals surface area contributed by atoms with E-state index in [9.17, 15) is 4.79 Å². The van der Waals surface area contributed by atoms with Crippen molar-refractivity contribution >= 4 is 12.0 Å². The van der Waals surface area contributed by atoms with Gasteiger partial charge in [-0.3, -0.25) is 0 Å². The number of aromatic nitrogens is 2. The third-order valence-corrected chi connectivity index (χ3v) is 2.48. The first kappa shape index (κ1) is 12.9. The number of carboxylic acids is 1. The highest BCUT2D eigenvalue weighted by molar-refractivity contribution is 5.85. The first-order valence-electron chi connectivity index (χ1n) is 5.83. The van der Waals surface area contributed by atoms with Crippen LogP contribution in [-0.4, -0.2) is 27.2 Å². The van der Waals surface area contributed by atoms with Gasteiger partial charge in [0.05, 0.1) is 12.9 Å². The summed E-state index contributed by atoms with van der Waals surface area (Å²) in [5.74, 6) is -0.201. The van der Waals surface area contributed by atoms with Crippen LogP contribution in [0.1, 0.15) is 5.56 Å². The lowest BCUT2D eigenvalue weighted by Gasteiger charge is -2.06. The summed E-state index contributed by atoms with van der Waals surface area (Å²) in [7, 11) is 0. The fourth-order valence-corrected chi connectivity index (χ4v) is 1.53. The quantitative estimate of drug-likeness (QED) is 0.805. The number of hydrogen-bond donors (Lipinski definition) is 1. The highest BCUT2D eigenvalue weighted by Gasteiger charge is 1.95. The Morgan fingerprint density at radius 1 is 1.37 bits per heavy atom. The summed E-state index contributed by atoms with van der Waals surface area (Å²) in [6, 6.07) is 7.25. The molecule has 1 N–H and O–H groups in total. The molecule has 2 aromatic rings. The van der Waals surface area contributed by atoms with Gasteiger partial charge in [0, 0.05) is 18.5 Å². The highest BCUT2D eigenvalue weighted by Crippen LogP contribution is 2.13. The topological polar surface area (TPSA) is 64.3 Å². The lowest BCUT2D eigenvalue weighted by Crippen LogP contribution is -2.06. The minimum atomic E-state index is -0.958. The smallest absolute Gasteiger partial charge is 0.328 e. The Bertz CT molecular complexity index is 545. The van der Waals surface area contributed by atoms with Crippen LogP contribution in [-0.2, 0) is 11.3 Å². The molecule has 0 spiro atoms. The van der Waals surface area contributed by atoms with Crippen LogP contribution in [0.2, 0.25) is 0 Å². The number of benzene rings is 1. The first-order valence-corrected chi connectivity index (χ1v) is 5.83. The molecule has 0 amide bonds. The summed E-state index contributed by atoms with van der Waals surface area (Å²) in [4.78, 5) is 14.3. The number of nitrogens with zero attached hydrogens (tertiary/aromatic N) is 2. The Balaban J connectivity index is 1.83. The Morgan fingerprint density at radius 2 is 2.16 bits per heavy atom. The van der Waals surface area contributed by atoms with Crippen molar-refractivity contribution in [1.82, 2.24) is 9.55 Å². The zero-order chi connectivity index (χ0) is 13.5. The third-order valence-electron chi connectivity index (χ3n) is 2.48. The lowest BCUT2D eigenvalue weighted by atomic mass is 10.2. The Labute approximate surface area is 110 Å². The fraction of sp³-hybridized carbons (Fsp3) is 0.143.